The van der Waals surface area contributed by atoms with Crippen LogP contribution < -0.4 is 24.3 Å². The Hall–Kier alpha value is -3.77. The predicted octanol–water partition coefficient (Wildman–Crippen LogP) is 7.24. The van der Waals surface area contributed by atoms with Crippen LogP contribution in [0, 0.1) is 0 Å². The summed E-state index contributed by atoms with van der Waals surface area (Å²) in [5, 5.41) is 14.6. The average molecular weight is 506 g/mol. The minimum atomic E-state index is -0.203. The van der Waals surface area contributed by atoms with Crippen LogP contribution in [0.3, 0.4) is 0 Å². The molecule has 0 fully saturated rings. The van der Waals surface area contributed by atoms with Gasteiger partial charge in [-0.3, -0.25) is 0 Å². The summed E-state index contributed by atoms with van der Waals surface area (Å²) in [6, 6.07) is 11.1. The minimum absolute atomic E-state index is 0.0467. The molecule has 0 unspecified atom stereocenters. The zero-order chi connectivity index (χ0) is 25.8. The highest BCUT2D eigenvalue weighted by Crippen LogP contribution is 2.54. The van der Waals surface area contributed by atoms with Crippen molar-refractivity contribution in [3.8, 4) is 39.9 Å². The predicted molar refractivity (Wildman–Crippen MR) is 145 cm³/mol. The summed E-state index contributed by atoms with van der Waals surface area (Å²) in [7, 11) is 4.67. The SMILES string of the molecule is COc1ccc(C=C2Oc3ccc(O)c(OC)c3-c3ccc4c(c32)C(C)=CC(C)(C)N4)c(Cl)c1OC. The highest BCUT2D eigenvalue weighted by molar-refractivity contribution is 6.34. The summed E-state index contributed by atoms with van der Waals surface area (Å²) in [4.78, 5) is 0. The van der Waals surface area contributed by atoms with Gasteiger partial charge in [-0.2, -0.15) is 0 Å². The number of halogens is 1. The number of ether oxygens (including phenoxy) is 4. The molecule has 2 N–H and O–H groups in total. The van der Waals surface area contributed by atoms with Crippen LogP contribution in [0.15, 0.2) is 42.5 Å². The molecule has 0 radical (unpaired) electrons. The van der Waals surface area contributed by atoms with Gasteiger partial charge < -0.3 is 29.4 Å². The van der Waals surface area contributed by atoms with Gasteiger partial charge in [0, 0.05) is 27.9 Å². The number of fused-ring (bicyclic) bond motifs is 5. The molecule has 0 bridgehead atoms. The summed E-state index contributed by atoms with van der Waals surface area (Å²) in [6.45, 7) is 6.36. The van der Waals surface area contributed by atoms with E-state index in [4.69, 9.17) is 30.5 Å². The average Bonchev–Trinajstić information content (AvgIpc) is 2.84. The molecular formula is C29H28ClNO5. The van der Waals surface area contributed by atoms with Gasteiger partial charge in [0.15, 0.2) is 23.0 Å². The summed E-state index contributed by atoms with van der Waals surface area (Å²) in [5.41, 5.74) is 6.11. The van der Waals surface area contributed by atoms with Crippen molar-refractivity contribution in [3.63, 3.8) is 0 Å². The molecule has 0 saturated carbocycles. The lowest BCUT2D eigenvalue weighted by atomic mass is 9.82. The van der Waals surface area contributed by atoms with E-state index in [9.17, 15) is 5.11 Å². The van der Waals surface area contributed by atoms with Crippen LogP contribution in [0.1, 0.15) is 37.5 Å². The lowest BCUT2D eigenvalue weighted by Crippen LogP contribution is -2.32. The molecule has 2 aliphatic heterocycles. The fourth-order valence-electron chi connectivity index (χ4n) is 5.11. The lowest BCUT2D eigenvalue weighted by molar-refractivity contribution is 0.355. The topological polar surface area (TPSA) is 69.2 Å². The van der Waals surface area contributed by atoms with E-state index in [1.54, 1.807) is 26.4 Å². The second-order valence-corrected chi connectivity index (χ2v) is 9.77. The maximum atomic E-state index is 10.5. The van der Waals surface area contributed by atoms with Crippen molar-refractivity contribution >= 4 is 34.7 Å². The number of allylic oxidation sites excluding steroid dienone is 1. The van der Waals surface area contributed by atoms with Gasteiger partial charge in [-0.1, -0.05) is 23.7 Å². The first kappa shape index (κ1) is 23.9. The Morgan fingerprint density at radius 1 is 0.917 bits per heavy atom. The molecule has 5 rings (SSSR count). The number of phenols is 1. The van der Waals surface area contributed by atoms with Crippen LogP contribution in [0.5, 0.6) is 28.7 Å². The van der Waals surface area contributed by atoms with Gasteiger partial charge in [0.05, 0.1) is 37.5 Å². The van der Waals surface area contributed by atoms with Crippen LogP contribution in [0.4, 0.5) is 5.69 Å². The summed E-state index contributed by atoms with van der Waals surface area (Å²) in [5.74, 6) is 2.60. The van der Waals surface area contributed by atoms with Gasteiger partial charge in [-0.15, -0.1) is 0 Å². The van der Waals surface area contributed by atoms with Crippen LogP contribution in [0.25, 0.3) is 28.5 Å². The quantitative estimate of drug-likeness (QED) is 0.389. The second-order valence-electron chi connectivity index (χ2n) is 9.39. The number of nitrogens with one attached hydrogen (secondary N) is 1. The Morgan fingerprint density at radius 3 is 2.36 bits per heavy atom. The Bertz CT molecular complexity index is 1450. The van der Waals surface area contributed by atoms with Gasteiger partial charge in [-0.05, 0) is 62.8 Å². The Balaban J connectivity index is 1.82. The summed E-state index contributed by atoms with van der Waals surface area (Å²) >= 11 is 6.74. The first-order chi connectivity index (χ1) is 17.2. The molecule has 7 heteroatoms. The van der Waals surface area contributed by atoms with Crippen molar-refractivity contribution in [2.75, 3.05) is 26.6 Å². The summed E-state index contributed by atoms with van der Waals surface area (Å²) in [6.07, 6.45) is 4.10. The monoisotopic (exact) mass is 505 g/mol. The van der Waals surface area contributed by atoms with Crippen LogP contribution in [-0.2, 0) is 0 Å². The molecule has 6 nitrogen and oxygen atoms in total. The van der Waals surface area contributed by atoms with E-state index >= 15 is 0 Å². The van der Waals surface area contributed by atoms with E-state index in [0.29, 0.717) is 44.9 Å². The van der Waals surface area contributed by atoms with E-state index in [0.717, 1.165) is 28.0 Å². The molecule has 0 aliphatic carbocycles. The van der Waals surface area contributed by atoms with Crippen LogP contribution in [-0.4, -0.2) is 32.0 Å². The van der Waals surface area contributed by atoms with Gasteiger partial charge in [0.1, 0.15) is 11.5 Å². The second kappa shape index (κ2) is 8.71. The number of phenolic OH excluding ortho intramolecular Hbond substituents is 1. The highest BCUT2D eigenvalue weighted by Gasteiger charge is 2.33. The van der Waals surface area contributed by atoms with E-state index in [1.165, 1.54) is 7.11 Å². The molecule has 2 aliphatic rings. The molecule has 0 saturated heterocycles. The van der Waals surface area contributed by atoms with Crippen LogP contribution >= 0.6 is 11.6 Å². The number of methoxy groups -OCH3 is 3. The van der Waals surface area contributed by atoms with E-state index in [1.807, 2.05) is 24.3 Å². The molecule has 0 atom stereocenters. The molecule has 3 aromatic carbocycles. The molecule has 186 valence electrons. The van der Waals surface area contributed by atoms with E-state index in [-0.39, 0.29) is 11.3 Å². The fraction of sp³-hybridized carbons (Fsp3) is 0.241. The molecular weight excluding hydrogens is 478 g/mol. The maximum absolute atomic E-state index is 10.5. The third kappa shape index (κ3) is 3.73. The summed E-state index contributed by atoms with van der Waals surface area (Å²) < 4.78 is 23.0. The Labute approximate surface area is 215 Å². The Kier molecular flexibility index (Phi) is 5.80. The first-order valence-electron chi connectivity index (χ1n) is 11.5. The molecule has 3 aromatic rings. The zero-order valence-electron chi connectivity index (χ0n) is 21.1. The van der Waals surface area contributed by atoms with Crippen molar-refractivity contribution in [2.45, 2.75) is 26.3 Å². The van der Waals surface area contributed by atoms with Gasteiger partial charge in [0.25, 0.3) is 0 Å². The van der Waals surface area contributed by atoms with Crippen molar-refractivity contribution < 1.29 is 24.1 Å². The third-order valence-corrected chi connectivity index (χ3v) is 6.86. The molecule has 0 spiro atoms. The number of aromatic hydroxyl groups is 1. The zero-order valence-corrected chi connectivity index (χ0v) is 21.8. The first-order valence-corrected chi connectivity index (χ1v) is 11.9. The smallest absolute Gasteiger partial charge is 0.179 e. The molecule has 0 amide bonds. The molecule has 0 aromatic heterocycles. The largest absolute Gasteiger partial charge is 0.504 e. The van der Waals surface area contributed by atoms with E-state index in [2.05, 4.69) is 38.2 Å². The number of anilines is 1. The number of hydrogen-bond acceptors (Lipinski definition) is 6. The fourth-order valence-corrected chi connectivity index (χ4v) is 5.39. The number of rotatable bonds is 4. The number of hydrogen-bond donors (Lipinski definition) is 2. The standard InChI is InChI=1S/C29H28ClNO5/c1-15-14-29(2,3)31-18-9-8-17-24(23(15)18)22(36-20-12-10-19(32)27(34-5)25(17)20)13-16-7-11-21(33-4)28(35-6)26(16)30/h7-14,31-32H,1-6H3. The van der Waals surface area contributed by atoms with Gasteiger partial charge in [-0.25, -0.2) is 0 Å². The van der Waals surface area contributed by atoms with Crippen molar-refractivity contribution in [1.82, 2.24) is 0 Å². The van der Waals surface area contributed by atoms with Gasteiger partial charge in [0.2, 0.25) is 0 Å². The lowest BCUT2D eigenvalue weighted by Gasteiger charge is -2.35. The molecule has 2 heterocycles. The van der Waals surface area contributed by atoms with E-state index < -0.39 is 0 Å². The van der Waals surface area contributed by atoms with Crippen LogP contribution in [0.2, 0.25) is 5.02 Å². The maximum Gasteiger partial charge on any atom is 0.179 e. The van der Waals surface area contributed by atoms with Gasteiger partial charge >= 0.3 is 0 Å². The third-order valence-electron chi connectivity index (χ3n) is 6.47. The molecule has 36 heavy (non-hydrogen) atoms. The van der Waals surface area contributed by atoms with Crippen molar-refractivity contribution in [2.24, 2.45) is 0 Å². The van der Waals surface area contributed by atoms with Crippen molar-refractivity contribution in [1.29, 1.82) is 0 Å². The minimum Gasteiger partial charge on any atom is -0.504 e. The Morgan fingerprint density at radius 2 is 1.67 bits per heavy atom. The normalized spacial score (nSPS) is 16.1. The van der Waals surface area contributed by atoms with Crippen molar-refractivity contribution in [3.05, 3.63) is 64.2 Å². The highest BCUT2D eigenvalue weighted by atomic mass is 35.5. The number of benzene rings is 3.